The van der Waals surface area contributed by atoms with E-state index in [1.807, 2.05) is 13.8 Å². The molecule has 154 valence electrons. The number of carbonyl (C=O) groups excluding carboxylic acids is 2. The fraction of sp³-hybridized carbons (Fsp3) is 0.350. The number of nitrogens with one attached hydrogen (secondary N) is 2. The molecular weight excluding hydrogens is 382 g/mol. The number of aromatic nitrogens is 1. The highest BCUT2D eigenvalue weighted by Gasteiger charge is 2.28. The number of pyridine rings is 1. The van der Waals surface area contributed by atoms with E-state index in [0.29, 0.717) is 17.1 Å². The Bertz CT molecular complexity index is 936. The lowest BCUT2D eigenvalue weighted by Crippen LogP contribution is -2.45. The summed E-state index contributed by atoms with van der Waals surface area (Å²) in [5.74, 6) is -1.52. The van der Waals surface area contributed by atoms with Gasteiger partial charge in [-0.15, -0.1) is 0 Å². The second-order valence-electron chi connectivity index (χ2n) is 7.05. The number of anilines is 1. The number of fused-ring (bicyclic) bond motifs is 1. The van der Waals surface area contributed by atoms with Crippen molar-refractivity contribution in [2.75, 3.05) is 11.9 Å². The van der Waals surface area contributed by atoms with E-state index in [4.69, 9.17) is 4.74 Å². The largest absolute Gasteiger partial charge is 0.475 e. The normalized spacial score (nSPS) is 14.3. The van der Waals surface area contributed by atoms with Crippen LogP contribution in [0.1, 0.15) is 37.9 Å². The van der Waals surface area contributed by atoms with Crippen LogP contribution < -0.4 is 15.4 Å². The van der Waals surface area contributed by atoms with Crippen LogP contribution in [0.5, 0.6) is 5.88 Å². The highest BCUT2D eigenvalue weighted by atomic mass is 19.1. The molecule has 0 saturated carbocycles. The van der Waals surface area contributed by atoms with E-state index >= 15 is 0 Å². The number of hydrogen-bond donors (Lipinski definition) is 2. The Morgan fingerprint density at radius 1 is 1.31 bits per heavy atom. The Morgan fingerprint density at radius 2 is 2.07 bits per heavy atom. The molecular formula is C20H22F2N4O3. The zero-order chi connectivity index (χ0) is 21.1. The third-order valence-electron chi connectivity index (χ3n) is 4.38. The lowest BCUT2D eigenvalue weighted by molar-refractivity contribution is -0.122. The zero-order valence-electron chi connectivity index (χ0n) is 16.3. The van der Waals surface area contributed by atoms with E-state index < -0.39 is 29.6 Å². The molecule has 29 heavy (non-hydrogen) atoms. The average Bonchev–Trinajstić information content (AvgIpc) is 2.62. The van der Waals surface area contributed by atoms with Gasteiger partial charge in [-0.2, -0.15) is 0 Å². The van der Waals surface area contributed by atoms with Crippen molar-refractivity contribution in [1.82, 2.24) is 15.2 Å². The van der Waals surface area contributed by atoms with Crippen molar-refractivity contribution in [2.24, 2.45) is 0 Å². The second-order valence-corrected chi connectivity index (χ2v) is 7.05. The molecule has 3 amide bonds. The minimum absolute atomic E-state index is 0.102. The van der Waals surface area contributed by atoms with Crippen molar-refractivity contribution in [3.63, 3.8) is 0 Å². The van der Waals surface area contributed by atoms with Crippen molar-refractivity contribution < 1.29 is 23.1 Å². The van der Waals surface area contributed by atoms with Gasteiger partial charge in [0.25, 0.3) is 0 Å². The number of ether oxygens (including phenoxy) is 1. The lowest BCUT2D eigenvalue weighted by atomic mass is 10.1. The van der Waals surface area contributed by atoms with Crippen molar-refractivity contribution in [1.29, 1.82) is 0 Å². The third-order valence-corrected chi connectivity index (χ3v) is 4.38. The summed E-state index contributed by atoms with van der Waals surface area (Å²) in [7, 11) is 0. The topological polar surface area (TPSA) is 83.6 Å². The molecule has 2 N–H and O–H groups in total. The molecule has 1 atom stereocenters. The van der Waals surface area contributed by atoms with Gasteiger partial charge in [-0.25, -0.2) is 18.6 Å². The summed E-state index contributed by atoms with van der Waals surface area (Å²) in [5, 5.41) is 5.34. The van der Waals surface area contributed by atoms with E-state index in [1.165, 1.54) is 17.2 Å². The molecule has 2 aromatic rings. The molecule has 1 aliphatic rings. The average molecular weight is 404 g/mol. The van der Waals surface area contributed by atoms with Crippen LogP contribution in [-0.4, -0.2) is 34.5 Å². The van der Waals surface area contributed by atoms with Crippen molar-refractivity contribution in [3.8, 4) is 5.88 Å². The number of halogens is 2. The van der Waals surface area contributed by atoms with Crippen LogP contribution in [0.2, 0.25) is 0 Å². The monoisotopic (exact) mass is 404 g/mol. The van der Waals surface area contributed by atoms with Gasteiger partial charge in [0.15, 0.2) is 0 Å². The molecule has 0 radical (unpaired) electrons. The number of amides is 3. The van der Waals surface area contributed by atoms with Gasteiger partial charge in [0, 0.05) is 17.8 Å². The molecule has 7 nitrogen and oxygen atoms in total. The molecule has 2 heterocycles. The van der Waals surface area contributed by atoms with E-state index in [1.54, 1.807) is 13.0 Å². The number of nitrogens with zero attached hydrogens (tertiary/aromatic N) is 2. The molecule has 0 spiro atoms. The van der Waals surface area contributed by atoms with Gasteiger partial charge < -0.3 is 20.3 Å². The molecule has 0 saturated heterocycles. The Morgan fingerprint density at radius 3 is 2.76 bits per heavy atom. The van der Waals surface area contributed by atoms with Crippen LogP contribution in [0.4, 0.5) is 19.3 Å². The molecule has 0 aliphatic carbocycles. The van der Waals surface area contributed by atoms with Crippen molar-refractivity contribution >= 4 is 17.6 Å². The fourth-order valence-electron chi connectivity index (χ4n) is 3.04. The maximum absolute atomic E-state index is 13.9. The van der Waals surface area contributed by atoms with Gasteiger partial charge in [0.2, 0.25) is 11.8 Å². The van der Waals surface area contributed by atoms with E-state index in [0.717, 1.165) is 12.1 Å². The van der Waals surface area contributed by atoms with Gasteiger partial charge in [-0.1, -0.05) is 6.07 Å². The first-order valence-corrected chi connectivity index (χ1v) is 9.19. The molecule has 3 rings (SSSR count). The number of urea groups is 1. The predicted molar refractivity (Wildman–Crippen MR) is 102 cm³/mol. The van der Waals surface area contributed by atoms with Gasteiger partial charge >= 0.3 is 6.03 Å². The second kappa shape index (κ2) is 8.42. The van der Waals surface area contributed by atoms with Gasteiger partial charge in [-0.3, -0.25) is 4.79 Å². The summed E-state index contributed by atoms with van der Waals surface area (Å²) in [4.78, 5) is 30.3. The number of hydrogen-bond acceptors (Lipinski definition) is 4. The molecule has 1 aliphatic heterocycles. The Kier molecular flexibility index (Phi) is 5.95. The molecule has 1 aromatic carbocycles. The Balaban J connectivity index is 1.69. The SMILES string of the molecule is CC(C)Oc1nccc2c1CN(CC(=O)N[C@@H](C)c1ccc(F)cc1F)C(=O)N2. The van der Waals surface area contributed by atoms with Crippen molar-refractivity contribution in [3.05, 3.63) is 53.2 Å². The van der Waals surface area contributed by atoms with Crippen LogP contribution in [-0.2, 0) is 11.3 Å². The quantitative estimate of drug-likeness (QED) is 0.773. The third kappa shape index (κ3) is 4.79. The first kappa shape index (κ1) is 20.5. The Hall–Kier alpha value is -3.23. The molecule has 0 bridgehead atoms. The fourth-order valence-corrected chi connectivity index (χ4v) is 3.04. The number of rotatable bonds is 6. The molecule has 0 fully saturated rings. The van der Waals surface area contributed by atoms with E-state index in [9.17, 15) is 18.4 Å². The highest BCUT2D eigenvalue weighted by molar-refractivity contribution is 5.95. The minimum atomic E-state index is -0.746. The van der Waals surface area contributed by atoms with E-state index in [-0.39, 0.29) is 24.8 Å². The van der Waals surface area contributed by atoms with Crippen molar-refractivity contribution in [2.45, 2.75) is 39.5 Å². The molecule has 1 aromatic heterocycles. The Labute approximate surface area is 167 Å². The lowest BCUT2D eigenvalue weighted by Gasteiger charge is -2.30. The summed E-state index contributed by atoms with van der Waals surface area (Å²) >= 11 is 0. The van der Waals surface area contributed by atoms with Crippen LogP contribution >= 0.6 is 0 Å². The summed E-state index contributed by atoms with van der Waals surface area (Å²) in [5.41, 5.74) is 1.41. The van der Waals surface area contributed by atoms with Gasteiger partial charge in [-0.05, 0) is 32.9 Å². The van der Waals surface area contributed by atoms with E-state index in [2.05, 4.69) is 15.6 Å². The number of carbonyl (C=O) groups is 2. The summed E-state index contributed by atoms with van der Waals surface area (Å²) in [6.45, 7) is 5.21. The summed E-state index contributed by atoms with van der Waals surface area (Å²) in [6, 6.07) is 3.70. The van der Waals surface area contributed by atoms with Gasteiger partial charge in [0.1, 0.15) is 18.2 Å². The maximum Gasteiger partial charge on any atom is 0.322 e. The molecule has 9 heteroatoms. The first-order chi connectivity index (χ1) is 13.7. The van der Waals surface area contributed by atoms with Crippen LogP contribution in [0.3, 0.4) is 0 Å². The summed E-state index contributed by atoms with van der Waals surface area (Å²) < 4.78 is 32.6. The van der Waals surface area contributed by atoms with Crippen LogP contribution in [0.15, 0.2) is 30.5 Å². The molecule has 0 unspecified atom stereocenters. The maximum atomic E-state index is 13.9. The van der Waals surface area contributed by atoms with Crippen LogP contribution in [0.25, 0.3) is 0 Å². The predicted octanol–water partition coefficient (Wildman–Crippen LogP) is 3.37. The standard InChI is InChI=1S/C20H22F2N4O3/c1-11(2)29-19-15-9-26(20(28)25-17(15)6-7-23-19)10-18(27)24-12(3)14-5-4-13(21)8-16(14)22/h4-8,11-12H,9-10H2,1-3H3,(H,24,27)(H,25,28)/t12-/m0/s1. The zero-order valence-corrected chi connectivity index (χ0v) is 16.3. The summed E-state index contributed by atoms with van der Waals surface area (Å²) in [6.07, 6.45) is 1.44. The smallest absolute Gasteiger partial charge is 0.322 e. The van der Waals surface area contributed by atoms with Crippen LogP contribution in [0, 0.1) is 11.6 Å². The first-order valence-electron chi connectivity index (χ1n) is 9.19. The van der Waals surface area contributed by atoms with Gasteiger partial charge in [0.05, 0.1) is 29.9 Å². The highest BCUT2D eigenvalue weighted by Crippen LogP contribution is 2.30. The minimum Gasteiger partial charge on any atom is -0.475 e. The number of benzene rings is 1.